The molecule has 1 fully saturated rings. The average Bonchev–Trinajstić information content (AvgIpc) is 2.84. The number of hydrogen-bond donors (Lipinski definition) is 2. The van der Waals surface area contributed by atoms with Crippen molar-refractivity contribution in [1.29, 1.82) is 0 Å². The number of carbonyl (C=O) groups excluding carboxylic acids is 2. The zero-order valence-corrected chi connectivity index (χ0v) is 18.7. The molecule has 2 aromatic rings. The van der Waals surface area contributed by atoms with E-state index in [-0.39, 0.29) is 11.8 Å². The number of benzene rings is 2. The quantitative estimate of drug-likeness (QED) is 0.684. The molecule has 0 aromatic heterocycles. The third-order valence-electron chi connectivity index (χ3n) is 6.44. The Hall–Kier alpha value is -3.61. The molecule has 0 saturated carbocycles. The van der Waals surface area contributed by atoms with Crippen molar-refractivity contribution in [2.24, 2.45) is 11.8 Å². The van der Waals surface area contributed by atoms with E-state index < -0.39 is 17.8 Å². The Kier molecular flexibility index (Phi) is 6.77. The fraction of sp³-hybridized carbons (Fsp3) is 0.346. The fourth-order valence-electron chi connectivity index (χ4n) is 4.54. The van der Waals surface area contributed by atoms with Crippen molar-refractivity contribution in [3.63, 3.8) is 0 Å². The zero-order valence-electron chi connectivity index (χ0n) is 18.7. The van der Waals surface area contributed by atoms with Crippen LogP contribution in [0.3, 0.4) is 0 Å². The number of anilines is 2. The van der Waals surface area contributed by atoms with E-state index in [0.29, 0.717) is 37.2 Å². The van der Waals surface area contributed by atoms with E-state index >= 15 is 0 Å². The maximum atomic E-state index is 13.3. The molecule has 4 rings (SSSR count). The number of amides is 2. The van der Waals surface area contributed by atoms with Crippen LogP contribution < -0.4 is 10.2 Å². The highest BCUT2D eigenvalue weighted by Gasteiger charge is 2.34. The number of rotatable bonds is 5. The van der Waals surface area contributed by atoms with Crippen LogP contribution in [0.1, 0.15) is 28.8 Å². The molecular weight excluding hydrogens is 418 g/mol. The molecule has 0 spiro atoms. The van der Waals surface area contributed by atoms with Crippen LogP contribution in [0.25, 0.3) is 0 Å². The van der Waals surface area contributed by atoms with Gasteiger partial charge in [-0.05, 0) is 49.6 Å². The minimum Gasteiger partial charge on any atom is -0.481 e. The van der Waals surface area contributed by atoms with Crippen molar-refractivity contribution < 1.29 is 19.5 Å². The highest BCUT2D eigenvalue weighted by molar-refractivity contribution is 6.04. The highest BCUT2D eigenvalue weighted by Crippen LogP contribution is 2.28. The van der Waals surface area contributed by atoms with E-state index in [0.717, 1.165) is 18.8 Å². The second-order valence-electron chi connectivity index (χ2n) is 8.65. The van der Waals surface area contributed by atoms with Crippen LogP contribution in [-0.2, 0) is 9.59 Å². The van der Waals surface area contributed by atoms with Gasteiger partial charge < -0.3 is 20.2 Å². The van der Waals surface area contributed by atoms with E-state index in [9.17, 15) is 19.5 Å². The van der Waals surface area contributed by atoms with Crippen LogP contribution >= 0.6 is 0 Å². The summed E-state index contributed by atoms with van der Waals surface area (Å²) in [5, 5.41) is 12.3. The smallest absolute Gasteiger partial charge is 0.307 e. The molecule has 1 aliphatic heterocycles. The molecule has 33 heavy (non-hydrogen) atoms. The summed E-state index contributed by atoms with van der Waals surface area (Å²) in [4.78, 5) is 41.9. The predicted molar refractivity (Wildman–Crippen MR) is 127 cm³/mol. The van der Waals surface area contributed by atoms with E-state index in [1.165, 1.54) is 5.56 Å². The Labute approximate surface area is 193 Å². The summed E-state index contributed by atoms with van der Waals surface area (Å²) in [5.41, 5.74) is 3.21. The molecule has 1 saturated heterocycles. The van der Waals surface area contributed by atoms with Gasteiger partial charge in [0, 0.05) is 31.9 Å². The molecule has 2 atom stereocenters. The Bertz CT molecular complexity index is 1070. The van der Waals surface area contributed by atoms with Gasteiger partial charge >= 0.3 is 5.97 Å². The van der Waals surface area contributed by atoms with Crippen molar-refractivity contribution in [2.75, 3.05) is 36.4 Å². The normalized spacial score (nSPS) is 20.4. The van der Waals surface area contributed by atoms with E-state index in [4.69, 9.17) is 0 Å². The summed E-state index contributed by atoms with van der Waals surface area (Å²) < 4.78 is 0. The summed E-state index contributed by atoms with van der Waals surface area (Å²) >= 11 is 0. The number of piperazine rings is 1. The first kappa shape index (κ1) is 22.6. The molecule has 2 aromatic carbocycles. The Morgan fingerprint density at radius 3 is 2.30 bits per heavy atom. The van der Waals surface area contributed by atoms with Gasteiger partial charge in [0.1, 0.15) is 0 Å². The standard InChI is InChI=1S/C26H29N3O4/c1-18-7-6-8-19(17-18)28-13-15-29(16-14-28)25(31)22-11-4-5-12-23(22)27-24(30)20-9-2-3-10-21(20)26(32)33/h2-8,11-12,17,20-21H,9-10,13-16H2,1H3,(H,27,30)(H,32,33)/t20-,21+/m0/s1. The predicted octanol–water partition coefficient (Wildman–Crippen LogP) is 3.56. The second-order valence-corrected chi connectivity index (χ2v) is 8.65. The lowest BCUT2D eigenvalue weighted by Gasteiger charge is -2.36. The molecule has 2 N–H and O–H groups in total. The van der Waals surface area contributed by atoms with E-state index in [2.05, 4.69) is 35.3 Å². The monoisotopic (exact) mass is 447 g/mol. The van der Waals surface area contributed by atoms with Crippen LogP contribution in [0.4, 0.5) is 11.4 Å². The number of para-hydroxylation sites is 1. The van der Waals surface area contributed by atoms with Gasteiger partial charge in [0.25, 0.3) is 5.91 Å². The molecule has 0 radical (unpaired) electrons. The van der Waals surface area contributed by atoms with Crippen LogP contribution in [-0.4, -0.2) is 54.0 Å². The fourth-order valence-corrected chi connectivity index (χ4v) is 4.54. The first-order valence-electron chi connectivity index (χ1n) is 11.3. The number of nitrogens with one attached hydrogen (secondary N) is 1. The van der Waals surface area contributed by atoms with E-state index in [1.54, 1.807) is 35.2 Å². The molecule has 0 unspecified atom stereocenters. The number of aryl methyl sites for hydroxylation is 1. The lowest BCUT2D eigenvalue weighted by Crippen LogP contribution is -2.49. The zero-order chi connectivity index (χ0) is 23.4. The van der Waals surface area contributed by atoms with Gasteiger partial charge in [-0.2, -0.15) is 0 Å². The number of nitrogens with zero attached hydrogens (tertiary/aromatic N) is 2. The number of aliphatic carboxylic acids is 1. The van der Waals surface area contributed by atoms with Crippen molar-refractivity contribution in [3.8, 4) is 0 Å². The summed E-state index contributed by atoms with van der Waals surface area (Å²) in [6.45, 7) is 4.71. The molecule has 7 heteroatoms. The topological polar surface area (TPSA) is 90.0 Å². The van der Waals surface area contributed by atoms with Crippen molar-refractivity contribution in [1.82, 2.24) is 4.90 Å². The third kappa shape index (κ3) is 5.08. The molecule has 0 bridgehead atoms. The third-order valence-corrected chi connectivity index (χ3v) is 6.44. The van der Waals surface area contributed by atoms with Gasteiger partial charge in [0.2, 0.25) is 5.91 Å². The van der Waals surface area contributed by atoms with Gasteiger partial charge in [0.05, 0.1) is 23.1 Å². The largest absolute Gasteiger partial charge is 0.481 e. The average molecular weight is 448 g/mol. The summed E-state index contributed by atoms with van der Waals surface area (Å²) in [7, 11) is 0. The Balaban J connectivity index is 1.44. The van der Waals surface area contributed by atoms with Gasteiger partial charge in [0.15, 0.2) is 0 Å². The lowest BCUT2D eigenvalue weighted by atomic mass is 9.82. The summed E-state index contributed by atoms with van der Waals surface area (Å²) in [5.74, 6) is -2.89. The molecular formula is C26H29N3O4. The minimum absolute atomic E-state index is 0.131. The highest BCUT2D eigenvalue weighted by atomic mass is 16.4. The van der Waals surface area contributed by atoms with Gasteiger partial charge in [-0.25, -0.2) is 0 Å². The maximum absolute atomic E-state index is 13.3. The second kappa shape index (κ2) is 9.90. The molecule has 7 nitrogen and oxygen atoms in total. The molecule has 2 amide bonds. The van der Waals surface area contributed by atoms with Crippen LogP contribution in [0.2, 0.25) is 0 Å². The number of carbonyl (C=O) groups is 3. The van der Waals surface area contributed by atoms with Gasteiger partial charge in [-0.3, -0.25) is 14.4 Å². The van der Waals surface area contributed by atoms with Crippen LogP contribution in [0.5, 0.6) is 0 Å². The minimum atomic E-state index is -0.977. The van der Waals surface area contributed by atoms with Gasteiger partial charge in [-0.1, -0.05) is 36.4 Å². The summed E-state index contributed by atoms with van der Waals surface area (Å²) in [6.07, 6.45) is 4.35. The van der Waals surface area contributed by atoms with Crippen LogP contribution in [0.15, 0.2) is 60.7 Å². The number of carboxylic acid groups (broad SMARTS) is 1. The van der Waals surface area contributed by atoms with Crippen molar-refractivity contribution in [3.05, 3.63) is 71.8 Å². The van der Waals surface area contributed by atoms with Crippen molar-refractivity contribution >= 4 is 29.2 Å². The SMILES string of the molecule is Cc1cccc(N2CCN(C(=O)c3ccccc3NC(=O)[C@H]3CC=CC[C@H]3C(=O)O)CC2)c1. The number of hydrogen-bond acceptors (Lipinski definition) is 4. The van der Waals surface area contributed by atoms with Gasteiger partial charge in [-0.15, -0.1) is 0 Å². The maximum Gasteiger partial charge on any atom is 0.307 e. The molecule has 1 aliphatic carbocycles. The Morgan fingerprint density at radius 1 is 0.909 bits per heavy atom. The van der Waals surface area contributed by atoms with Crippen LogP contribution in [0, 0.1) is 18.8 Å². The summed E-state index contributed by atoms with van der Waals surface area (Å²) in [6, 6.07) is 15.3. The first-order valence-corrected chi connectivity index (χ1v) is 11.3. The molecule has 2 aliphatic rings. The number of carboxylic acids is 1. The first-order chi connectivity index (χ1) is 15.9. The Morgan fingerprint density at radius 2 is 1.61 bits per heavy atom. The molecule has 1 heterocycles. The molecule has 172 valence electrons. The van der Waals surface area contributed by atoms with E-state index in [1.807, 2.05) is 12.1 Å². The van der Waals surface area contributed by atoms with Crippen molar-refractivity contribution in [2.45, 2.75) is 19.8 Å². The lowest BCUT2D eigenvalue weighted by molar-refractivity contribution is -0.146. The number of allylic oxidation sites excluding steroid dienone is 2.